The Morgan fingerprint density at radius 1 is 1.19 bits per heavy atom. The van der Waals surface area contributed by atoms with Crippen molar-refractivity contribution in [3.05, 3.63) is 68.5 Å². The number of aromatic nitrogens is 2. The van der Waals surface area contributed by atoms with Crippen molar-refractivity contribution in [1.82, 2.24) is 9.13 Å². The molecule has 0 aliphatic carbocycles. The summed E-state index contributed by atoms with van der Waals surface area (Å²) < 4.78 is 4.38. The van der Waals surface area contributed by atoms with Crippen molar-refractivity contribution in [2.24, 2.45) is 0 Å². The fourth-order valence-electron chi connectivity index (χ4n) is 3.58. The summed E-state index contributed by atoms with van der Waals surface area (Å²) in [6.07, 6.45) is 1.41. The van der Waals surface area contributed by atoms with Crippen molar-refractivity contribution >= 4 is 32.9 Å². The number of aliphatic carboxylic acids is 1. The lowest BCUT2D eigenvalue weighted by molar-refractivity contribution is -0.137. The number of aryl methyl sites for hydroxylation is 1. The maximum absolute atomic E-state index is 13.3. The Balaban J connectivity index is 2.17. The summed E-state index contributed by atoms with van der Waals surface area (Å²) in [5, 5.41) is 9.32. The van der Waals surface area contributed by atoms with Crippen LogP contribution in [0.2, 0.25) is 0 Å². The minimum Gasteiger partial charge on any atom is -0.481 e. The van der Waals surface area contributed by atoms with Gasteiger partial charge in [0.05, 0.1) is 24.0 Å². The summed E-state index contributed by atoms with van der Waals surface area (Å²) in [5.74, 6) is -0.889. The highest BCUT2D eigenvalue weighted by molar-refractivity contribution is 9.10. The quantitative estimate of drug-likeness (QED) is 0.588. The molecule has 6 heteroatoms. The average molecular weight is 431 g/mol. The summed E-state index contributed by atoms with van der Waals surface area (Å²) in [6.45, 7) is 4.48. The van der Waals surface area contributed by atoms with Gasteiger partial charge in [-0.25, -0.2) is 4.79 Å². The minimum atomic E-state index is -0.889. The second-order valence-corrected chi connectivity index (χ2v) is 7.75. The first kappa shape index (κ1) is 19.4. The zero-order valence-corrected chi connectivity index (χ0v) is 17.1. The monoisotopic (exact) mass is 430 g/mol. The van der Waals surface area contributed by atoms with E-state index < -0.39 is 5.97 Å². The maximum atomic E-state index is 13.3. The predicted octanol–water partition coefficient (Wildman–Crippen LogP) is 4.74. The number of carboxylic acids is 1. The summed E-state index contributed by atoms with van der Waals surface area (Å²) >= 11 is 3.50. The van der Waals surface area contributed by atoms with Crippen molar-refractivity contribution in [1.29, 1.82) is 0 Å². The first-order valence-corrected chi connectivity index (χ1v) is 9.88. The lowest BCUT2D eigenvalue weighted by atomic mass is 10.1. The van der Waals surface area contributed by atoms with Gasteiger partial charge < -0.3 is 5.11 Å². The van der Waals surface area contributed by atoms with E-state index in [4.69, 9.17) is 0 Å². The van der Waals surface area contributed by atoms with Crippen LogP contribution in [0, 0.1) is 6.92 Å². The van der Waals surface area contributed by atoms with Gasteiger partial charge in [0, 0.05) is 10.5 Å². The van der Waals surface area contributed by atoms with Crippen molar-refractivity contribution in [2.75, 3.05) is 0 Å². The number of imidazole rings is 1. The first-order valence-electron chi connectivity index (χ1n) is 9.09. The van der Waals surface area contributed by atoms with Gasteiger partial charge in [0.2, 0.25) is 0 Å². The van der Waals surface area contributed by atoms with Crippen LogP contribution in [0.25, 0.3) is 11.0 Å². The Morgan fingerprint density at radius 3 is 2.56 bits per heavy atom. The third kappa shape index (κ3) is 4.00. The molecule has 1 N–H and O–H groups in total. The third-order valence-electron chi connectivity index (χ3n) is 4.91. The summed E-state index contributed by atoms with van der Waals surface area (Å²) in [5.41, 5.74) is 3.62. The fraction of sp³-hybridized carbons (Fsp3) is 0.333. The Labute approximate surface area is 166 Å². The van der Waals surface area contributed by atoms with Gasteiger partial charge in [-0.2, -0.15) is 0 Å². The van der Waals surface area contributed by atoms with E-state index in [1.165, 1.54) is 0 Å². The molecule has 142 valence electrons. The summed E-state index contributed by atoms with van der Waals surface area (Å²) in [6, 6.07) is 13.3. The van der Waals surface area contributed by atoms with Crippen LogP contribution in [0.3, 0.4) is 0 Å². The number of halogens is 1. The second-order valence-electron chi connectivity index (χ2n) is 6.84. The molecule has 0 radical (unpaired) electrons. The van der Waals surface area contributed by atoms with Crippen molar-refractivity contribution in [3.63, 3.8) is 0 Å². The lowest BCUT2D eigenvalue weighted by Gasteiger charge is -2.16. The van der Waals surface area contributed by atoms with Gasteiger partial charge in [-0.3, -0.25) is 13.9 Å². The minimum absolute atomic E-state index is 0.0579. The molecule has 2 aromatic carbocycles. The normalized spacial score (nSPS) is 12.4. The van der Waals surface area contributed by atoms with E-state index in [0.717, 1.165) is 33.1 Å². The van der Waals surface area contributed by atoms with E-state index in [9.17, 15) is 14.7 Å². The molecule has 0 spiro atoms. The molecule has 27 heavy (non-hydrogen) atoms. The van der Waals surface area contributed by atoms with E-state index in [1.54, 1.807) is 9.13 Å². The number of benzene rings is 2. The maximum Gasteiger partial charge on any atom is 0.329 e. The molecule has 0 amide bonds. The molecular weight excluding hydrogens is 408 g/mol. The molecule has 1 heterocycles. The van der Waals surface area contributed by atoms with E-state index in [1.807, 2.05) is 56.3 Å². The molecule has 0 aliphatic heterocycles. The van der Waals surface area contributed by atoms with Gasteiger partial charge in [-0.15, -0.1) is 0 Å². The molecule has 0 fully saturated rings. The van der Waals surface area contributed by atoms with E-state index in [0.29, 0.717) is 13.0 Å². The molecule has 1 aromatic heterocycles. The van der Waals surface area contributed by atoms with Gasteiger partial charge in [-0.05, 0) is 48.7 Å². The Kier molecular flexibility index (Phi) is 5.85. The van der Waals surface area contributed by atoms with Crippen molar-refractivity contribution in [3.8, 4) is 0 Å². The van der Waals surface area contributed by atoms with Crippen LogP contribution in [0.15, 0.2) is 51.7 Å². The molecular formula is C21H23BrN2O3. The Hall–Kier alpha value is -2.34. The topological polar surface area (TPSA) is 64.2 Å². The Bertz CT molecular complexity index is 1040. The SMILES string of the molecule is CCCC(CC(=O)O)n1c(=O)n(Cc2cc(Br)ccc2C)c2ccccc21. The van der Waals surface area contributed by atoms with E-state index >= 15 is 0 Å². The van der Waals surface area contributed by atoms with Crippen LogP contribution in [-0.4, -0.2) is 20.2 Å². The second kappa shape index (κ2) is 8.13. The lowest BCUT2D eigenvalue weighted by Crippen LogP contribution is -2.29. The van der Waals surface area contributed by atoms with Crippen LogP contribution in [0.5, 0.6) is 0 Å². The number of para-hydroxylation sites is 2. The van der Waals surface area contributed by atoms with Crippen LogP contribution in [-0.2, 0) is 11.3 Å². The molecule has 0 aliphatic rings. The fourth-order valence-corrected chi connectivity index (χ4v) is 3.98. The molecule has 1 atom stereocenters. The van der Waals surface area contributed by atoms with Gasteiger partial charge in [0.1, 0.15) is 0 Å². The number of carbonyl (C=O) groups is 1. The molecule has 0 saturated carbocycles. The van der Waals surface area contributed by atoms with E-state index in [-0.39, 0.29) is 18.2 Å². The summed E-state index contributed by atoms with van der Waals surface area (Å²) in [4.78, 5) is 24.7. The largest absolute Gasteiger partial charge is 0.481 e. The van der Waals surface area contributed by atoms with Gasteiger partial charge in [-0.1, -0.05) is 47.5 Å². The van der Waals surface area contributed by atoms with Crippen LogP contribution in [0.4, 0.5) is 0 Å². The number of carboxylic acid groups (broad SMARTS) is 1. The molecule has 3 aromatic rings. The van der Waals surface area contributed by atoms with E-state index in [2.05, 4.69) is 15.9 Å². The number of hydrogen-bond donors (Lipinski definition) is 1. The highest BCUT2D eigenvalue weighted by Gasteiger charge is 2.22. The zero-order chi connectivity index (χ0) is 19.6. The average Bonchev–Trinajstić information content (AvgIpc) is 2.89. The molecule has 3 rings (SSSR count). The molecule has 1 unspecified atom stereocenters. The van der Waals surface area contributed by atoms with Crippen LogP contribution in [0.1, 0.15) is 43.4 Å². The summed E-state index contributed by atoms with van der Waals surface area (Å²) in [7, 11) is 0. The van der Waals surface area contributed by atoms with Gasteiger partial charge in [0.15, 0.2) is 0 Å². The van der Waals surface area contributed by atoms with Crippen LogP contribution >= 0.6 is 15.9 Å². The van der Waals surface area contributed by atoms with Crippen molar-refractivity contribution < 1.29 is 9.90 Å². The highest BCUT2D eigenvalue weighted by atomic mass is 79.9. The smallest absolute Gasteiger partial charge is 0.329 e. The van der Waals surface area contributed by atoms with Gasteiger partial charge >= 0.3 is 11.7 Å². The number of fused-ring (bicyclic) bond motifs is 1. The predicted molar refractivity (Wildman–Crippen MR) is 110 cm³/mol. The number of rotatable bonds is 7. The molecule has 0 bridgehead atoms. The van der Waals surface area contributed by atoms with Crippen molar-refractivity contribution in [2.45, 2.75) is 45.7 Å². The van der Waals surface area contributed by atoms with Crippen LogP contribution < -0.4 is 5.69 Å². The van der Waals surface area contributed by atoms with Gasteiger partial charge in [0.25, 0.3) is 0 Å². The number of hydrogen-bond acceptors (Lipinski definition) is 2. The zero-order valence-electron chi connectivity index (χ0n) is 15.5. The Morgan fingerprint density at radius 2 is 1.89 bits per heavy atom. The first-order chi connectivity index (χ1) is 12.9. The molecule has 0 saturated heterocycles. The highest BCUT2D eigenvalue weighted by Crippen LogP contribution is 2.25. The molecule has 5 nitrogen and oxygen atoms in total. The standard InChI is InChI=1S/C21H23BrN2O3/c1-3-6-17(12-20(25)26)24-19-8-5-4-7-18(19)23(21(24)27)13-15-11-16(22)10-9-14(15)2/h4-5,7-11,17H,3,6,12-13H2,1-2H3,(H,25,26). The number of nitrogens with zero attached hydrogens (tertiary/aromatic N) is 2. The third-order valence-corrected chi connectivity index (χ3v) is 5.40.